The number of para-hydroxylation sites is 1. The first-order chi connectivity index (χ1) is 12.5. The van der Waals surface area contributed by atoms with Gasteiger partial charge in [-0.05, 0) is 49.6 Å². The lowest BCUT2D eigenvalue weighted by molar-refractivity contribution is -0.123. The fourth-order valence-electron chi connectivity index (χ4n) is 3.65. The number of hydrogen-bond donors (Lipinski definition) is 1. The van der Waals surface area contributed by atoms with Crippen molar-refractivity contribution in [2.24, 2.45) is 11.8 Å². The second-order valence-electron chi connectivity index (χ2n) is 6.96. The molecule has 0 saturated heterocycles. The summed E-state index contributed by atoms with van der Waals surface area (Å²) in [5, 5.41) is 2.67. The zero-order chi connectivity index (χ0) is 18.4. The van der Waals surface area contributed by atoms with Crippen molar-refractivity contribution in [3.8, 4) is 0 Å². The van der Waals surface area contributed by atoms with Gasteiger partial charge in [-0.1, -0.05) is 29.8 Å². The van der Waals surface area contributed by atoms with Gasteiger partial charge in [0.15, 0.2) is 0 Å². The first-order valence-corrected chi connectivity index (χ1v) is 9.00. The normalized spacial score (nSPS) is 23.5. The second-order valence-corrected chi connectivity index (χ2v) is 7.36. The average molecular weight is 373 g/mol. The van der Waals surface area contributed by atoms with E-state index in [9.17, 15) is 14.0 Å². The van der Waals surface area contributed by atoms with E-state index in [4.69, 9.17) is 11.6 Å². The number of nitrogens with one attached hydrogen (secondary N) is 1. The van der Waals surface area contributed by atoms with Gasteiger partial charge in [0.05, 0.1) is 16.9 Å². The van der Waals surface area contributed by atoms with E-state index in [1.807, 2.05) is 36.1 Å². The predicted molar refractivity (Wildman–Crippen MR) is 98.7 cm³/mol. The van der Waals surface area contributed by atoms with E-state index in [2.05, 4.69) is 5.32 Å². The van der Waals surface area contributed by atoms with Crippen molar-refractivity contribution < 1.29 is 14.0 Å². The lowest BCUT2D eigenvalue weighted by Crippen LogP contribution is -2.37. The van der Waals surface area contributed by atoms with E-state index >= 15 is 0 Å². The van der Waals surface area contributed by atoms with E-state index in [1.54, 1.807) is 0 Å². The summed E-state index contributed by atoms with van der Waals surface area (Å²) in [7, 11) is 0. The number of carbonyl (C=O) groups is 2. The standard InChI is InChI=1S/C20H18ClFN2O2/c1-11-8-12-4-2-3-5-18(12)24(11)20(26)15-10-14(15)19(25)23-13-6-7-17(22)16(21)9-13/h2-7,9,11,14-15H,8,10H2,1H3,(H,23,25). The van der Waals surface area contributed by atoms with Crippen molar-refractivity contribution >= 4 is 34.8 Å². The monoisotopic (exact) mass is 372 g/mol. The Kier molecular flexibility index (Phi) is 4.19. The SMILES string of the molecule is CC1Cc2ccccc2N1C(=O)C1CC1C(=O)Nc1ccc(F)c(Cl)c1. The Morgan fingerprint density at radius 1 is 1.19 bits per heavy atom. The van der Waals surface area contributed by atoms with Crippen molar-refractivity contribution in [1.29, 1.82) is 0 Å². The Bertz CT molecular complexity index is 901. The molecule has 26 heavy (non-hydrogen) atoms. The van der Waals surface area contributed by atoms with Crippen molar-refractivity contribution in [2.75, 3.05) is 10.2 Å². The van der Waals surface area contributed by atoms with Crippen molar-refractivity contribution in [1.82, 2.24) is 0 Å². The van der Waals surface area contributed by atoms with Crippen LogP contribution >= 0.6 is 11.6 Å². The number of rotatable bonds is 3. The molecule has 2 aliphatic rings. The van der Waals surface area contributed by atoms with Crippen LogP contribution in [0.3, 0.4) is 0 Å². The third kappa shape index (κ3) is 2.97. The van der Waals surface area contributed by atoms with Gasteiger partial charge >= 0.3 is 0 Å². The number of benzene rings is 2. The first-order valence-electron chi connectivity index (χ1n) is 8.62. The molecule has 3 unspecified atom stereocenters. The molecule has 1 aliphatic carbocycles. The van der Waals surface area contributed by atoms with Crippen LogP contribution in [0, 0.1) is 17.7 Å². The summed E-state index contributed by atoms with van der Waals surface area (Å²) in [4.78, 5) is 27.2. The summed E-state index contributed by atoms with van der Waals surface area (Å²) in [5.74, 6) is -1.43. The third-order valence-electron chi connectivity index (χ3n) is 5.08. The van der Waals surface area contributed by atoms with Gasteiger partial charge in [-0.2, -0.15) is 0 Å². The molecule has 0 radical (unpaired) electrons. The molecular weight excluding hydrogens is 355 g/mol. The van der Waals surface area contributed by atoms with Crippen molar-refractivity contribution in [3.05, 3.63) is 58.9 Å². The van der Waals surface area contributed by atoms with Gasteiger partial charge in [0.2, 0.25) is 11.8 Å². The number of nitrogens with zero attached hydrogens (tertiary/aromatic N) is 1. The molecule has 3 atom stereocenters. The van der Waals surface area contributed by atoms with Gasteiger partial charge < -0.3 is 10.2 Å². The van der Waals surface area contributed by atoms with Gasteiger partial charge in [0.25, 0.3) is 0 Å². The highest BCUT2D eigenvalue weighted by Gasteiger charge is 2.51. The number of carbonyl (C=O) groups excluding carboxylic acids is 2. The summed E-state index contributed by atoms with van der Waals surface area (Å²) in [5.41, 5.74) is 2.54. The van der Waals surface area contributed by atoms with Crippen LogP contribution in [0.5, 0.6) is 0 Å². The molecule has 2 amide bonds. The Labute approximate surface area is 155 Å². The van der Waals surface area contributed by atoms with Gasteiger partial charge in [0, 0.05) is 17.4 Å². The van der Waals surface area contributed by atoms with Gasteiger partial charge in [-0.3, -0.25) is 9.59 Å². The zero-order valence-electron chi connectivity index (χ0n) is 14.2. The second kappa shape index (κ2) is 6.40. The van der Waals surface area contributed by atoms with Crippen LogP contribution < -0.4 is 10.2 Å². The first kappa shape index (κ1) is 17.0. The summed E-state index contributed by atoms with van der Waals surface area (Å²) < 4.78 is 13.2. The zero-order valence-corrected chi connectivity index (χ0v) is 15.0. The number of fused-ring (bicyclic) bond motifs is 1. The molecular formula is C20H18ClFN2O2. The molecule has 1 fully saturated rings. The number of hydrogen-bond acceptors (Lipinski definition) is 2. The molecule has 4 rings (SSSR count). The number of anilines is 2. The molecule has 1 N–H and O–H groups in total. The van der Waals surface area contributed by atoms with E-state index in [0.29, 0.717) is 12.1 Å². The average Bonchev–Trinajstić information content (AvgIpc) is 3.34. The molecule has 1 heterocycles. The summed E-state index contributed by atoms with van der Waals surface area (Å²) in [6.45, 7) is 2.02. The van der Waals surface area contributed by atoms with Crippen LogP contribution in [0.25, 0.3) is 0 Å². The fourth-order valence-corrected chi connectivity index (χ4v) is 3.83. The van der Waals surface area contributed by atoms with Gasteiger partial charge in [-0.15, -0.1) is 0 Å². The van der Waals surface area contributed by atoms with E-state index in [-0.39, 0.29) is 34.7 Å². The van der Waals surface area contributed by atoms with Gasteiger partial charge in [0.1, 0.15) is 5.82 Å². The maximum atomic E-state index is 13.2. The summed E-state index contributed by atoms with van der Waals surface area (Å²) in [6.07, 6.45) is 1.37. The minimum atomic E-state index is -0.536. The highest BCUT2D eigenvalue weighted by molar-refractivity contribution is 6.31. The molecule has 4 nitrogen and oxygen atoms in total. The highest BCUT2D eigenvalue weighted by Crippen LogP contribution is 2.44. The molecule has 1 saturated carbocycles. The van der Waals surface area contributed by atoms with E-state index in [0.717, 1.165) is 17.7 Å². The van der Waals surface area contributed by atoms with Crippen LogP contribution in [0.1, 0.15) is 18.9 Å². The predicted octanol–water partition coefficient (Wildman–Crippen LogP) is 4.03. The molecule has 2 aromatic carbocycles. The molecule has 0 spiro atoms. The Morgan fingerprint density at radius 3 is 2.73 bits per heavy atom. The maximum Gasteiger partial charge on any atom is 0.231 e. The Hall–Kier alpha value is -2.40. The maximum absolute atomic E-state index is 13.2. The number of halogens is 2. The Balaban J connectivity index is 1.44. The third-order valence-corrected chi connectivity index (χ3v) is 5.37. The van der Waals surface area contributed by atoms with Crippen LogP contribution in [0.4, 0.5) is 15.8 Å². The largest absolute Gasteiger partial charge is 0.326 e. The van der Waals surface area contributed by atoms with E-state index in [1.165, 1.54) is 18.2 Å². The smallest absolute Gasteiger partial charge is 0.231 e. The van der Waals surface area contributed by atoms with Crippen LogP contribution in [-0.2, 0) is 16.0 Å². The van der Waals surface area contributed by atoms with E-state index < -0.39 is 5.82 Å². The summed E-state index contributed by atoms with van der Waals surface area (Å²) in [6, 6.07) is 12.0. The van der Waals surface area contributed by atoms with Crippen molar-refractivity contribution in [2.45, 2.75) is 25.8 Å². The van der Waals surface area contributed by atoms with Gasteiger partial charge in [-0.25, -0.2) is 4.39 Å². The number of amides is 2. The molecule has 134 valence electrons. The molecule has 2 aromatic rings. The minimum Gasteiger partial charge on any atom is -0.326 e. The lowest BCUT2D eigenvalue weighted by Gasteiger charge is -2.23. The highest BCUT2D eigenvalue weighted by atomic mass is 35.5. The fraction of sp³-hybridized carbons (Fsp3) is 0.300. The lowest BCUT2D eigenvalue weighted by atomic mass is 10.1. The molecule has 6 heteroatoms. The summed E-state index contributed by atoms with van der Waals surface area (Å²) >= 11 is 5.73. The minimum absolute atomic E-state index is 0.000242. The molecule has 0 aromatic heterocycles. The van der Waals surface area contributed by atoms with Crippen LogP contribution in [0.2, 0.25) is 5.02 Å². The molecule has 1 aliphatic heterocycles. The topological polar surface area (TPSA) is 49.4 Å². The van der Waals surface area contributed by atoms with Crippen LogP contribution in [0.15, 0.2) is 42.5 Å². The van der Waals surface area contributed by atoms with Crippen LogP contribution in [-0.4, -0.2) is 17.9 Å². The quantitative estimate of drug-likeness (QED) is 0.884. The molecule has 0 bridgehead atoms. The Morgan fingerprint density at radius 2 is 1.96 bits per heavy atom. The van der Waals surface area contributed by atoms with Crippen molar-refractivity contribution in [3.63, 3.8) is 0 Å².